The van der Waals surface area contributed by atoms with Gasteiger partial charge in [0.1, 0.15) is 0 Å². The molecule has 2 N–H and O–H groups in total. The first kappa shape index (κ1) is 14.5. The van der Waals surface area contributed by atoms with Crippen LogP contribution in [-0.2, 0) is 9.53 Å². The molecular formula is C12H14BrNO4S. The third kappa shape index (κ3) is 3.34. The van der Waals surface area contributed by atoms with Crippen molar-refractivity contribution in [3.8, 4) is 0 Å². The molecule has 1 saturated heterocycles. The summed E-state index contributed by atoms with van der Waals surface area (Å²) >= 11 is 4.60. The summed E-state index contributed by atoms with van der Waals surface area (Å²) in [5.74, 6) is -1.11. The molecule has 5 nitrogen and oxygen atoms in total. The first-order valence-corrected chi connectivity index (χ1v) is 7.54. The lowest BCUT2D eigenvalue weighted by molar-refractivity contribution is -0.154. The summed E-state index contributed by atoms with van der Waals surface area (Å²) in [4.78, 5) is 23.9. The standard InChI is InChI=1S/C12H14BrNO4S/c13-8-5-9(19-6-8)10(15)14-7-12(11(16)17)1-3-18-4-2-12/h5-6H,1-4,7H2,(H,14,15)(H,16,17). The van der Waals surface area contributed by atoms with E-state index in [-0.39, 0.29) is 12.5 Å². The summed E-state index contributed by atoms with van der Waals surface area (Å²) < 4.78 is 6.04. The van der Waals surface area contributed by atoms with Crippen molar-refractivity contribution in [2.24, 2.45) is 5.41 Å². The Labute approximate surface area is 123 Å². The Morgan fingerprint density at radius 3 is 2.68 bits per heavy atom. The summed E-state index contributed by atoms with van der Waals surface area (Å²) in [7, 11) is 0. The van der Waals surface area contributed by atoms with Crippen LogP contribution in [0.4, 0.5) is 0 Å². The van der Waals surface area contributed by atoms with Gasteiger partial charge in [-0.15, -0.1) is 11.3 Å². The lowest BCUT2D eigenvalue weighted by Crippen LogP contribution is -2.46. The molecule has 19 heavy (non-hydrogen) atoms. The molecule has 0 aromatic carbocycles. The highest BCUT2D eigenvalue weighted by Gasteiger charge is 2.40. The second kappa shape index (κ2) is 6.02. The molecule has 1 aromatic heterocycles. The largest absolute Gasteiger partial charge is 0.481 e. The molecule has 0 saturated carbocycles. The monoisotopic (exact) mass is 347 g/mol. The number of amides is 1. The van der Waals surface area contributed by atoms with E-state index in [1.165, 1.54) is 11.3 Å². The zero-order valence-electron chi connectivity index (χ0n) is 10.1. The van der Waals surface area contributed by atoms with E-state index >= 15 is 0 Å². The topological polar surface area (TPSA) is 75.6 Å². The van der Waals surface area contributed by atoms with Crippen LogP contribution in [0.15, 0.2) is 15.9 Å². The molecule has 2 rings (SSSR count). The Hall–Kier alpha value is -0.920. The molecule has 1 aromatic rings. The fourth-order valence-electron chi connectivity index (χ4n) is 2.00. The Bertz CT molecular complexity index is 482. The smallest absolute Gasteiger partial charge is 0.311 e. The summed E-state index contributed by atoms with van der Waals surface area (Å²) in [5.41, 5.74) is -0.900. The molecule has 0 unspecified atom stereocenters. The predicted molar refractivity (Wildman–Crippen MR) is 74.5 cm³/mol. The van der Waals surface area contributed by atoms with Crippen LogP contribution < -0.4 is 5.32 Å². The van der Waals surface area contributed by atoms with Crippen LogP contribution in [0.2, 0.25) is 0 Å². The number of thiophene rings is 1. The number of aliphatic carboxylic acids is 1. The number of carboxylic acid groups (broad SMARTS) is 1. The second-order valence-corrected chi connectivity index (χ2v) is 6.34. The maximum atomic E-state index is 11.9. The van der Waals surface area contributed by atoms with Crippen LogP contribution in [0.25, 0.3) is 0 Å². The van der Waals surface area contributed by atoms with Crippen molar-refractivity contribution in [1.29, 1.82) is 0 Å². The van der Waals surface area contributed by atoms with Gasteiger partial charge in [0, 0.05) is 29.6 Å². The number of hydrogen-bond acceptors (Lipinski definition) is 4. The highest BCUT2D eigenvalue weighted by Crippen LogP contribution is 2.30. The molecule has 104 valence electrons. The molecule has 0 radical (unpaired) electrons. The zero-order chi connectivity index (χ0) is 13.9. The van der Waals surface area contributed by atoms with E-state index in [1.807, 2.05) is 5.38 Å². The number of rotatable bonds is 4. The maximum absolute atomic E-state index is 11.9. The van der Waals surface area contributed by atoms with E-state index < -0.39 is 11.4 Å². The Kier molecular flexibility index (Phi) is 4.59. The average Bonchev–Trinajstić information content (AvgIpc) is 2.83. The Morgan fingerprint density at radius 1 is 1.47 bits per heavy atom. The van der Waals surface area contributed by atoms with Crippen molar-refractivity contribution in [2.75, 3.05) is 19.8 Å². The van der Waals surface area contributed by atoms with Crippen LogP contribution in [0.3, 0.4) is 0 Å². The van der Waals surface area contributed by atoms with E-state index in [1.54, 1.807) is 6.07 Å². The van der Waals surface area contributed by atoms with Gasteiger partial charge >= 0.3 is 5.97 Å². The number of carboxylic acids is 1. The maximum Gasteiger partial charge on any atom is 0.311 e. The minimum Gasteiger partial charge on any atom is -0.481 e. The third-order valence-electron chi connectivity index (χ3n) is 3.28. The number of ether oxygens (including phenoxy) is 1. The molecule has 1 fully saturated rings. The van der Waals surface area contributed by atoms with Crippen molar-refractivity contribution >= 4 is 39.1 Å². The van der Waals surface area contributed by atoms with Crippen LogP contribution in [0.1, 0.15) is 22.5 Å². The van der Waals surface area contributed by atoms with Crippen LogP contribution in [0.5, 0.6) is 0 Å². The summed E-state index contributed by atoms with van der Waals surface area (Å²) in [6, 6.07) is 1.72. The SMILES string of the molecule is O=C(NCC1(C(=O)O)CCOCC1)c1cc(Br)cs1. The first-order valence-electron chi connectivity index (χ1n) is 5.87. The predicted octanol–water partition coefficient (Wildman–Crippen LogP) is 2.12. The van der Waals surface area contributed by atoms with Gasteiger partial charge in [0.25, 0.3) is 5.91 Å². The molecule has 7 heteroatoms. The highest BCUT2D eigenvalue weighted by molar-refractivity contribution is 9.10. The van der Waals surface area contributed by atoms with Gasteiger partial charge in [0.2, 0.25) is 0 Å². The van der Waals surface area contributed by atoms with E-state index in [9.17, 15) is 14.7 Å². The van der Waals surface area contributed by atoms with Gasteiger partial charge in [0.15, 0.2) is 0 Å². The van der Waals surface area contributed by atoms with Gasteiger partial charge in [-0.3, -0.25) is 9.59 Å². The summed E-state index contributed by atoms with van der Waals surface area (Å²) in [6.45, 7) is 0.986. The fourth-order valence-corrected chi connectivity index (χ4v) is 3.34. The van der Waals surface area contributed by atoms with Crippen molar-refractivity contribution in [3.05, 3.63) is 20.8 Å². The normalized spacial score (nSPS) is 17.9. The molecule has 1 amide bonds. The van der Waals surface area contributed by atoms with Crippen molar-refractivity contribution in [2.45, 2.75) is 12.8 Å². The Morgan fingerprint density at radius 2 is 2.16 bits per heavy atom. The molecular weight excluding hydrogens is 334 g/mol. The van der Waals surface area contributed by atoms with Gasteiger partial charge in [-0.2, -0.15) is 0 Å². The van der Waals surface area contributed by atoms with Crippen LogP contribution in [0, 0.1) is 5.41 Å². The lowest BCUT2D eigenvalue weighted by atomic mass is 9.80. The van der Waals surface area contributed by atoms with E-state index in [4.69, 9.17) is 4.74 Å². The fraction of sp³-hybridized carbons (Fsp3) is 0.500. The molecule has 0 atom stereocenters. The van der Waals surface area contributed by atoms with E-state index in [0.29, 0.717) is 30.9 Å². The number of hydrogen-bond donors (Lipinski definition) is 2. The molecule has 0 aliphatic carbocycles. The van der Waals surface area contributed by atoms with Gasteiger partial charge in [-0.25, -0.2) is 0 Å². The van der Waals surface area contributed by atoms with Gasteiger partial charge < -0.3 is 15.2 Å². The van der Waals surface area contributed by atoms with E-state index in [0.717, 1.165) is 4.47 Å². The number of halogens is 1. The minimum atomic E-state index is -0.900. The highest BCUT2D eigenvalue weighted by atomic mass is 79.9. The minimum absolute atomic E-state index is 0.139. The summed E-state index contributed by atoms with van der Waals surface area (Å²) in [6.07, 6.45) is 0.855. The zero-order valence-corrected chi connectivity index (χ0v) is 12.6. The van der Waals surface area contributed by atoms with Crippen molar-refractivity contribution < 1.29 is 19.4 Å². The lowest BCUT2D eigenvalue weighted by Gasteiger charge is -2.33. The molecule has 0 bridgehead atoms. The molecule has 2 heterocycles. The van der Waals surface area contributed by atoms with Gasteiger partial charge in [-0.05, 0) is 34.8 Å². The summed E-state index contributed by atoms with van der Waals surface area (Å²) in [5, 5.41) is 13.9. The quantitative estimate of drug-likeness (QED) is 0.874. The van der Waals surface area contributed by atoms with Gasteiger partial charge in [-0.1, -0.05) is 0 Å². The van der Waals surface area contributed by atoms with Crippen molar-refractivity contribution in [3.63, 3.8) is 0 Å². The number of nitrogens with one attached hydrogen (secondary N) is 1. The second-order valence-electron chi connectivity index (χ2n) is 4.51. The van der Waals surface area contributed by atoms with Crippen molar-refractivity contribution in [1.82, 2.24) is 5.32 Å². The molecule has 1 aliphatic rings. The first-order chi connectivity index (χ1) is 9.03. The van der Waals surface area contributed by atoms with Crippen LogP contribution >= 0.6 is 27.3 Å². The van der Waals surface area contributed by atoms with Crippen LogP contribution in [-0.4, -0.2) is 36.7 Å². The Balaban J connectivity index is 1.99. The average molecular weight is 348 g/mol. The molecule has 1 aliphatic heterocycles. The number of carbonyl (C=O) groups excluding carboxylic acids is 1. The third-order valence-corrected chi connectivity index (χ3v) is 4.97. The van der Waals surface area contributed by atoms with E-state index in [2.05, 4.69) is 21.2 Å². The van der Waals surface area contributed by atoms with Gasteiger partial charge in [0.05, 0.1) is 10.3 Å². The number of carbonyl (C=O) groups is 2. The molecule has 0 spiro atoms.